The summed E-state index contributed by atoms with van der Waals surface area (Å²) in [5.41, 5.74) is 5.86. The van der Waals surface area contributed by atoms with Crippen molar-refractivity contribution in [3.63, 3.8) is 0 Å². The number of nitrogens with one attached hydrogen (secondary N) is 1. The summed E-state index contributed by atoms with van der Waals surface area (Å²) in [5.74, 6) is 3.54. The summed E-state index contributed by atoms with van der Waals surface area (Å²) in [6.07, 6.45) is 0. The molecular weight excluding hydrogens is 396 g/mol. The van der Waals surface area contributed by atoms with Crippen LogP contribution in [0.4, 0.5) is 4.39 Å². The summed E-state index contributed by atoms with van der Waals surface area (Å²) in [6, 6.07) is 7.41. The van der Waals surface area contributed by atoms with Gasteiger partial charge in [0.15, 0.2) is 5.91 Å². The maximum absolute atomic E-state index is 12.9. The average molecular weight is 420 g/mol. The van der Waals surface area contributed by atoms with E-state index in [1.165, 1.54) is 17.7 Å². The summed E-state index contributed by atoms with van der Waals surface area (Å²) < 4.78 is 12.9. The fourth-order valence-corrected chi connectivity index (χ4v) is 2.13. The Kier molecular flexibility index (Phi) is 9.55. The zero-order valence-electron chi connectivity index (χ0n) is 15.6. The van der Waals surface area contributed by atoms with Gasteiger partial charge < -0.3 is 10.2 Å². The number of aromatic nitrogens is 2. The third-order valence-electron chi connectivity index (χ3n) is 3.31. The van der Waals surface area contributed by atoms with E-state index >= 15 is 0 Å². The molecule has 0 aliphatic carbocycles. The maximum atomic E-state index is 12.9. The van der Waals surface area contributed by atoms with Gasteiger partial charge in [-0.25, -0.2) is 0 Å². The van der Waals surface area contributed by atoms with Crippen LogP contribution in [0.5, 0.6) is 0 Å². The third kappa shape index (κ3) is 7.26. The molecule has 0 fully saturated rings. The van der Waals surface area contributed by atoms with E-state index < -0.39 is 11.7 Å². The zero-order chi connectivity index (χ0) is 18.5. The van der Waals surface area contributed by atoms with Gasteiger partial charge in [0, 0.05) is 38.5 Å². The Hall–Kier alpha value is -1.24. The number of amides is 1. The molecule has 25 heavy (non-hydrogen) atoms. The molecule has 2 aromatic rings. The number of nitrogens with two attached hydrogens (primary N) is 1. The van der Waals surface area contributed by atoms with Gasteiger partial charge in [-0.1, -0.05) is 33.3 Å². The molecule has 1 aromatic heterocycles. The van der Waals surface area contributed by atoms with Crippen LogP contribution in [0, 0.1) is 32.7 Å². The van der Waals surface area contributed by atoms with Gasteiger partial charge in [-0.05, 0) is 30.9 Å². The van der Waals surface area contributed by atoms with Crippen LogP contribution in [0.25, 0.3) is 0 Å². The van der Waals surface area contributed by atoms with Gasteiger partial charge in [0.2, 0.25) is 0 Å². The van der Waals surface area contributed by atoms with E-state index in [9.17, 15) is 9.18 Å². The van der Waals surface area contributed by atoms with Gasteiger partial charge in [-0.3, -0.25) is 10.2 Å². The molecule has 0 atom stereocenters. The molecule has 0 bridgehead atoms. The molecule has 0 aliphatic heterocycles. The van der Waals surface area contributed by atoms with Crippen LogP contribution in [-0.2, 0) is 38.1 Å². The van der Waals surface area contributed by atoms with Crippen LogP contribution in [0.2, 0.25) is 0 Å². The number of hydrogen-bond acceptors (Lipinski definition) is 4. The fourth-order valence-electron chi connectivity index (χ4n) is 2.13. The van der Waals surface area contributed by atoms with Crippen molar-refractivity contribution in [1.82, 2.24) is 15.6 Å². The van der Waals surface area contributed by atoms with Crippen molar-refractivity contribution in [1.29, 1.82) is 0 Å². The zero-order valence-corrected chi connectivity index (χ0v) is 18.4. The van der Waals surface area contributed by atoms with E-state index in [0.29, 0.717) is 5.56 Å². The van der Waals surface area contributed by atoms with Crippen LogP contribution in [0.1, 0.15) is 53.6 Å². The normalized spacial score (nSPS) is 10.2. The van der Waals surface area contributed by atoms with E-state index in [1.54, 1.807) is 6.92 Å². The Labute approximate surface area is 173 Å². The second-order valence-corrected chi connectivity index (χ2v) is 6.57. The Morgan fingerprint density at radius 2 is 1.80 bits per heavy atom. The molecule has 5 nitrogen and oxygen atoms in total. The fraction of sp³-hybridized carbons (Fsp3) is 0.389. The monoisotopic (exact) mass is 420 g/mol. The molecule has 1 aromatic carbocycles. The molecule has 0 unspecified atom stereocenters. The first-order valence-electron chi connectivity index (χ1n) is 7.57. The predicted molar refractivity (Wildman–Crippen MR) is 91.8 cm³/mol. The minimum Gasteiger partial charge on any atom is -0.330 e. The Morgan fingerprint density at radius 1 is 1.20 bits per heavy atom. The number of nitrogens with zero attached hydrogens (tertiary/aromatic N) is 2. The van der Waals surface area contributed by atoms with Crippen molar-refractivity contribution in [3.8, 4) is 0 Å². The van der Waals surface area contributed by atoms with Crippen LogP contribution < -0.4 is 11.3 Å². The molecule has 7 heteroatoms. The number of hydrazine groups is 1. The number of aryl methyl sites for hydroxylation is 3. The Morgan fingerprint density at radius 3 is 2.28 bits per heavy atom. The number of carbonyl (C=O) groups is 1. The molecule has 0 saturated heterocycles. The molecule has 3 N–H and O–H groups in total. The first-order chi connectivity index (χ1) is 11.1. The van der Waals surface area contributed by atoms with Crippen molar-refractivity contribution in [3.05, 3.63) is 58.2 Å². The van der Waals surface area contributed by atoms with Gasteiger partial charge in [0.1, 0.15) is 0 Å². The molecule has 1 amide bonds. The molecule has 133 valence electrons. The van der Waals surface area contributed by atoms with E-state index in [4.69, 9.17) is 5.84 Å². The molecular formula is C18H24FN4OY-. The summed E-state index contributed by atoms with van der Waals surface area (Å²) >= 11 is 0. The summed E-state index contributed by atoms with van der Waals surface area (Å²) in [7, 11) is 0. The smallest absolute Gasteiger partial charge is 0.181 e. The largest absolute Gasteiger partial charge is 0.330 e. The summed E-state index contributed by atoms with van der Waals surface area (Å²) in [5, 5.41) is 8.10. The van der Waals surface area contributed by atoms with Crippen molar-refractivity contribution in [2.24, 2.45) is 5.84 Å². The number of halogens is 1. The summed E-state index contributed by atoms with van der Waals surface area (Å²) in [4.78, 5) is 10.9. The SMILES string of the molecule is Cc1[c-]c(C(=O)NN)c(F)cc1.Cc1cc(C(C)(C)C)c(C)nn1.[Y]. The molecule has 0 saturated carbocycles. The van der Waals surface area contributed by atoms with Gasteiger partial charge in [-0.2, -0.15) is 10.2 Å². The van der Waals surface area contributed by atoms with Crippen LogP contribution in [-0.4, -0.2) is 16.1 Å². The van der Waals surface area contributed by atoms with Gasteiger partial charge >= 0.3 is 0 Å². The van der Waals surface area contributed by atoms with Crippen molar-refractivity contribution < 1.29 is 41.9 Å². The minimum absolute atomic E-state index is 0. The second kappa shape index (κ2) is 10.0. The molecule has 1 radical (unpaired) electrons. The van der Waals surface area contributed by atoms with Gasteiger partial charge in [0.25, 0.3) is 0 Å². The second-order valence-electron chi connectivity index (χ2n) is 6.57. The average Bonchev–Trinajstić information content (AvgIpc) is 2.51. The third-order valence-corrected chi connectivity index (χ3v) is 3.31. The van der Waals surface area contributed by atoms with E-state index in [2.05, 4.69) is 43.1 Å². The molecule has 0 aliphatic rings. The molecule has 1 heterocycles. The Bertz CT molecular complexity index is 730. The van der Waals surface area contributed by atoms with Crippen LogP contribution >= 0.6 is 0 Å². The van der Waals surface area contributed by atoms with Gasteiger partial charge in [0.05, 0.1) is 11.4 Å². The van der Waals surface area contributed by atoms with Crippen molar-refractivity contribution >= 4 is 5.91 Å². The minimum atomic E-state index is -0.670. The van der Waals surface area contributed by atoms with E-state index in [0.717, 1.165) is 11.4 Å². The molecule has 2 rings (SSSR count). The molecule has 0 spiro atoms. The topological polar surface area (TPSA) is 80.9 Å². The predicted octanol–water partition coefficient (Wildman–Crippen LogP) is 2.93. The number of nitrogen functional groups attached to an aromatic ring is 1. The maximum Gasteiger partial charge on any atom is 0.181 e. The number of rotatable bonds is 1. The van der Waals surface area contributed by atoms with E-state index in [1.807, 2.05) is 19.3 Å². The van der Waals surface area contributed by atoms with Crippen LogP contribution in [0.3, 0.4) is 0 Å². The quantitative estimate of drug-likeness (QED) is 0.322. The number of benzene rings is 1. The number of hydrogen-bond donors (Lipinski definition) is 2. The first kappa shape index (κ1) is 23.8. The summed E-state index contributed by atoms with van der Waals surface area (Å²) in [6.45, 7) is 12.3. The van der Waals surface area contributed by atoms with Crippen LogP contribution in [0.15, 0.2) is 18.2 Å². The van der Waals surface area contributed by atoms with Gasteiger partial charge in [-0.15, -0.1) is 23.8 Å². The number of carbonyl (C=O) groups excluding carboxylic acids is 1. The van der Waals surface area contributed by atoms with Crippen molar-refractivity contribution in [2.75, 3.05) is 0 Å². The standard InChI is InChI=1S/C10H16N2.C8H8FN2O.Y/c1-7-6-9(10(3,4)5)8(2)12-11-7;1-5-2-3-7(9)6(4-5)8(12)11-10;/h6H,1-5H3;2-3H,10H2,1H3,(H,11,12);/q;-1;. The Balaban J connectivity index is 0.000000443. The first-order valence-corrected chi connectivity index (χ1v) is 7.57. The van der Waals surface area contributed by atoms with Crippen molar-refractivity contribution in [2.45, 2.75) is 47.0 Å². The van der Waals surface area contributed by atoms with E-state index in [-0.39, 0.29) is 43.7 Å².